The second-order valence-corrected chi connectivity index (χ2v) is 6.47. The Bertz CT molecular complexity index is 427. The predicted octanol–water partition coefficient (Wildman–Crippen LogP) is 4.69. The highest BCUT2D eigenvalue weighted by Crippen LogP contribution is 2.45. The molecule has 1 aromatic rings. The maximum atomic E-state index is 13.6. The number of benzene rings is 1. The van der Waals surface area contributed by atoms with Crippen LogP contribution in [-0.2, 0) is 6.42 Å². The summed E-state index contributed by atoms with van der Waals surface area (Å²) in [5.74, 6) is -0.163. The van der Waals surface area contributed by atoms with Crippen LogP contribution in [0.1, 0.15) is 44.6 Å². The molecule has 19 heavy (non-hydrogen) atoms. The van der Waals surface area contributed by atoms with Crippen molar-refractivity contribution in [3.8, 4) is 0 Å². The molecule has 0 heterocycles. The van der Waals surface area contributed by atoms with Gasteiger partial charge in [-0.2, -0.15) is 0 Å². The van der Waals surface area contributed by atoms with Crippen LogP contribution >= 0.6 is 15.9 Å². The van der Waals surface area contributed by atoms with Crippen molar-refractivity contribution in [2.24, 2.45) is 5.41 Å². The van der Waals surface area contributed by atoms with E-state index in [4.69, 9.17) is 0 Å². The molecular formula is C16H23BrFN. The van der Waals surface area contributed by atoms with E-state index in [1.54, 1.807) is 6.07 Å². The topological polar surface area (TPSA) is 12.0 Å². The van der Waals surface area contributed by atoms with Crippen molar-refractivity contribution in [1.82, 2.24) is 5.32 Å². The molecule has 106 valence electrons. The molecular weight excluding hydrogens is 305 g/mol. The average Bonchev–Trinajstić information content (AvgIpc) is 2.90. The van der Waals surface area contributed by atoms with Crippen LogP contribution in [0.3, 0.4) is 0 Å². The molecule has 0 saturated heterocycles. The Morgan fingerprint density at radius 2 is 2.05 bits per heavy atom. The van der Waals surface area contributed by atoms with Gasteiger partial charge in [0.2, 0.25) is 0 Å². The Labute approximate surface area is 124 Å². The van der Waals surface area contributed by atoms with Crippen LogP contribution in [0.15, 0.2) is 22.7 Å². The molecule has 3 heteroatoms. The zero-order valence-electron chi connectivity index (χ0n) is 11.8. The van der Waals surface area contributed by atoms with Crippen LogP contribution in [-0.4, -0.2) is 13.1 Å². The molecule has 1 aliphatic rings. The summed E-state index contributed by atoms with van der Waals surface area (Å²) in [7, 11) is 2.04. The zero-order chi connectivity index (χ0) is 13.9. The summed E-state index contributed by atoms with van der Waals surface area (Å²) in [4.78, 5) is 0. The molecule has 1 aliphatic carbocycles. The lowest BCUT2D eigenvalue weighted by Crippen LogP contribution is -2.43. The average molecular weight is 328 g/mol. The SMILES string of the molecule is CCC1(C(Cc2cccc(F)c2Br)NC)CCCC1. The standard InChI is InChI=1S/C16H23BrFN/c1-3-16(9-4-5-10-16)14(19-2)11-12-7-6-8-13(18)15(12)17/h6-8,14,19H,3-5,9-11H2,1-2H3. The zero-order valence-corrected chi connectivity index (χ0v) is 13.4. The fourth-order valence-corrected chi connectivity index (χ4v) is 4.00. The van der Waals surface area contributed by atoms with Crippen LogP contribution in [0.2, 0.25) is 0 Å². The van der Waals surface area contributed by atoms with E-state index >= 15 is 0 Å². The van der Waals surface area contributed by atoms with Gasteiger partial charge in [0.25, 0.3) is 0 Å². The minimum absolute atomic E-state index is 0.163. The first-order chi connectivity index (χ1) is 9.13. The summed E-state index contributed by atoms with van der Waals surface area (Å²) in [6.45, 7) is 2.29. The van der Waals surface area contributed by atoms with Crippen LogP contribution < -0.4 is 5.32 Å². The Morgan fingerprint density at radius 3 is 2.63 bits per heavy atom. The molecule has 0 amide bonds. The quantitative estimate of drug-likeness (QED) is 0.827. The van der Waals surface area contributed by atoms with Crippen molar-refractivity contribution >= 4 is 15.9 Å². The van der Waals surface area contributed by atoms with Gasteiger partial charge >= 0.3 is 0 Å². The van der Waals surface area contributed by atoms with E-state index in [1.807, 2.05) is 13.1 Å². The maximum absolute atomic E-state index is 13.6. The molecule has 2 rings (SSSR count). The van der Waals surface area contributed by atoms with E-state index in [1.165, 1.54) is 38.2 Å². The molecule has 1 nitrogen and oxygen atoms in total. The third-order valence-electron chi connectivity index (χ3n) is 4.85. The lowest BCUT2D eigenvalue weighted by atomic mass is 9.74. The summed E-state index contributed by atoms with van der Waals surface area (Å²) >= 11 is 3.38. The first kappa shape index (κ1) is 15.0. The van der Waals surface area contributed by atoms with Gasteiger partial charge in [0.15, 0.2) is 0 Å². The largest absolute Gasteiger partial charge is 0.316 e. The molecule has 1 saturated carbocycles. The van der Waals surface area contributed by atoms with Crippen LogP contribution in [0.25, 0.3) is 0 Å². The summed E-state index contributed by atoms with van der Waals surface area (Å²) in [6, 6.07) is 5.76. The van der Waals surface area contributed by atoms with Gasteiger partial charge in [-0.1, -0.05) is 31.9 Å². The summed E-state index contributed by atoms with van der Waals surface area (Å²) < 4.78 is 14.2. The molecule has 0 radical (unpaired) electrons. The fraction of sp³-hybridized carbons (Fsp3) is 0.625. The highest BCUT2D eigenvalue weighted by Gasteiger charge is 2.39. The molecule has 0 aliphatic heterocycles. The van der Waals surface area contributed by atoms with Crippen molar-refractivity contribution in [3.05, 3.63) is 34.1 Å². The predicted molar refractivity (Wildman–Crippen MR) is 81.8 cm³/mol. The van der Waals surface area contributed by atoms with E-state index in [0.29, 0.717) is 15.9 Å². The van der Waals surface area contributed by atoms with Crippen molar-refractivity contribution in [1.29, 1.82) is 0 Å². The van der Waals surface area contributed by atoms with Gasteiger partial charge in [-0.25, -0.2) is 4.39 Å². The number of hydrogen-bond donors (Lipinski definition) is 1. The number of halogens is 2. The molecule has 1 N–H and O–H groups in total. The van der Waals surface area contributed by atoms with Gasteiger partial charge in [-0.05, 0) is 65.7 Å². The fourth-order valence-electron chi connectivity index (χ4n) is 3.58. The molecule has 0 bridgehead atoms. The molecule has 1 fully saturated rings. The third-order valence-corrected chi connectivity index (χ3v) is 5.73. The third kappa shape index (κ3) is 3.03. The van der Waals surface area contributed by atoms with E-state index in [2.05, 4.69) is 28.2 Å². The van der Waals surface area contributed by atoms with Crippen molar-refractivity contribution in [3.63, 3.8) is 0 Å². The maximum Gasteiger partial charge on any atom is 0.137 e. The van der Waals surface area contributed by atoms with Crippen molar-refractivity contribution in [2.45, 2.75) is 51.5 Å². The second-order valence-electron chi connectivity index (χ2n) is 5.68. The number of hydrogen-bond acceptors (Lipinski definition) is 1. The smallest absolute Gasteiger partial charge is 0.137 e. The number of likely N-dealkylation sites (N-methyl/N-ethyl adjacent to an activating group) is 1. The van der Waals surface area contributed by atoms with Gasteiger partial charge in [-0.15, -0.1) is 0 Å². The molecule has 0 aromatic heterocycles. The molecule has 1 unspecified atom stereocenters. The summed E-state index contributed by atoms with van der Waals surface area (Å²) in [5, 5.41) is 3.49. The number of nitrogens with one attached hydrogen (secondary N) is 1. The van der Waals surface area contributed by atoms with Gasteiger partial charge in [0, 0.05) is 6.04 Å². The number of rotatable bonds is 5. The van der Waals surface area contributed by atoms with Crippen LogP contribution in [0.4, 0.5) is 4.39 Å². The minimum atomic E-state index is -0.163. The highest BCUT2D eigenvalue weighted by atomic mass is 79.9. The summed E-state index contributed by atoms with van der Waals surface area (Å²) in [5.41, 5.74) is 1.46. The van der Waals surface area contributed by atoms with Crippen LogP contribution in [0.5, 0.6) is 0 Å². The highest BCUT2D eigenvalue weighted by molar-refractivity contribution is 9.10. The first-order valence-corrected chi connectivity index (χ1v) is 8.02. The molecule has 1 atom stereocenters. The van der Waals surface area contributed by atoms with E-state index < -0.39 is 0 Å². The first-order valence-electron chi connectivity index (χ1n) is 7.23. The second kappa shape index (κ2) is 6.36. The van der Waals surface area contributed by atoms with Crippen LogP contribution in [0, 0.1) is 11.2 Å². The monoisotopic (exact) mass is 327 g/mol. The van der Waals surface area contributed by atoms with Crippen molar-refractivity contribution < 1.29 is 4.39 Å². The van der Waals surface area contributed by atoms with Crippen molar-refractivity contribution in [2.75, 3.05) is 7.05 Å². The lowest BCUT2D eigenvalue weighted by Gasteiger charge is -2.37. The normalized spacial score (nSPS) is 19.6. The Morgan fingerprint density at radius 1 is 1.37 bits per heavy atom. The van der Waals surface area contributed by atoms with E-state index in [-0.39, 0.29) is 5.82 Å². The van der Waals surface area contributed by atoms with Gasteiger partial charge in [0.05, 0.1) is 4.47 Å². The molecule has 0 spiro atoms. The van der Waals surface area contributed by atoms with Gasteiger partial charge < -0.3 is 5.32 Å². The minimum Gasteiger partial charge on any atom is -0.316 e. The molecule has 1 aromatic carbocycles. The Kier molecular flexibility index (Phi) is 5.02. The Balaban J connectivity index is 2.21. The van der Waals surface area contributed by atoms with Gasteiger partial charge in [-0.3, -0.25) is 0 Å². The summed E-state index contributed by atoms with van der Waals surface area (Å²) in [6.07, 6.45) is 7.34. The lowest BCUT2D eigenvalue weighted by molar-refractivity contribution is 0.192. The van der Waals surface area contributed by atoms with E-state index in [0.717, 1.165) is 12.0 Å². The van der Waals surface area contributed by atoms with E-state index in [9.17, 15) is 4.39 Å². The Hall–Kier alpha value is -0.410. The van der Waals surface area contributed by atoms with Gasteiger partial charge in [0.1, 0.15) is 5.82 Å².